The van der Waals surface area contributed by atoms with Gasteiger partial charge in [0.2, 0.25) is 0 Å². The highest BCUT2D eigenvalue weighted by Crippen LogP contribution is 2.18. The molecule has 0 radical (unpaired) electrons. The molecule has 2 aromatic rings. The summed E-state index contributed by atoms with van der Waals surface area (Å²) in [5, 5.41) is 0. The summed E-state index contributed by atoms with van der Waals surface area (Å²) in [6.45, 7) is 2.37. The van der Waals surface area contributed by atoms with E-state index < -0.39 is 0 Å². The number of nitrogens with zero attached hydrogens (tertiary/aromatic N) is 3. The smallest absolute Gasteiger partial charge is 0.180 e. The molecular formula is C12H14N4O. The van der Waals surface area contributed by atoms with Crippen LogP contribution < -0.4 is 5.73 Å². The van der Waals surface area contributed by atoms with Gasteiger partial charge in [-0.15, -0.1) is 0 Å². The Labute approximate surface area is 99.7 Å². The molecule has 2 rings (SSSR count). The number of anilines is 1. The van der Waals surface area contributed by atoms with Crippen molar-refractivity contribution in [2.45, 2.75) is 13.5 Å². The number of rotatable bonds is 3. The molecule has 5 nitrogen and oxygen atoms in total. The van der Waals surface area contributed by atoms with E-state index in [1.54, 1.807) is 19.4 Å². The van der Waals surface area contributed by atoms with Crippen LogP contribution in [0.3, 0.4) is 0 Å². The van der Waals surface area contributed by atoms with Crippen molar-refractivity contribution < 1.29 is 4.74 Å². The van der Waals surface area contributed by atoms with Gasteiger partial charge >= 0.3 is 0 Å². The Bertz CT molecular complexity index is 528. The van der Waals surface area contributed by atoms with E-state index in [1.165, 1.54) is 0 Å². The van der Waals surface area contributed by atoms with Gasteiger partial charge in [-0.25, -0.2) is 9.97 Å². The molecule has 0 saturated heterocycles. The van der Waals surface area contributed by atoms with Gasteiger partial charge < -0.3 is 10.5 Å². The number of ether oxygens (including phenoxy) is 1. The molecular weight excluding hydrogens is 216 g/mol. The van der Waals surface area contributed by atoms with E-state index in [-0.39, 0.29) is 0 Å². The number of hydrogen-bond acceptors (Lipinski definition) is 5. The third-order valence-corrected chi connectivity index (χ3v) is 2.31. The standard InChI is InChI=1S/C12H14N4O/c1-8-4-3-5-14-11(8)12-15-9(7-17-2)6-10(13)16-12/h3-6H,7H2,1-2H3,(H2,13,15,16). The highest BCUT2D eigenvalue weighted by atomic mass is 16.5. The van der Waals surface area contributed by atoms with E-state index in [4.69, 9.17) is 10.5 Å². The summed E-state index contributed by atoms with van der Waals surface area (Å²) in [5.74, 6) is 0.960. The van der Waals surface area contributed by atoms with E-state index >= 15 is 0 Å². The Morgan fingerprint density at radius 2 is 2.18 bits per heavy atom. The number of methoxy groups -OCH3 is 1. The lowest BCUT2D eigenvalue weighted by Crippen LogP contribution is -2.03. The summed E-state index contributed by atoms with van der Waals surface area (Å²) >= 11 is 0. The van der Waals surface area contributed by atoms with E-state index in [1.807, 2.05) is 19.1 Å². The maximum Gasteiger partial charge on any atom is 0.180 e. The number of nitrogen functional groups attached to an aromatic ring is 1. The molecule has 2 N–H and O–H groups in total. The molecule has 0 aliphatic carbocycles. The van der Waals surface area contributed by atoms with Crippen LogP contribution in [0.4, 0.5) is 5.82 Å². The Kier molecular flexibility index (Phi) is 3.30. The Morgan fingerprint density at radius 1 is 1.35 bits per heavy atom. The molecule has 0 spiro atoms. The molecule has 0 unspecified atom stereocenters. The van der Waals surface area contributed by atoms with E-state index in [9.17, 15) is 0 Å². The van der Waals surface area contributed by atoms with Crippen LogP contribution in [0.5, 0.6) is 0 Å². The average Bonchev–Trinajstić information content (AvgIpc) is 2.29. The van der Waals surface area contributed by atoms with Crippen molar-refractivity contribution in [3.05, 3.63) is 35.7 Å². The summed E-state index contributed by atoms with van der Waals surface area (Å²) in [7, 11) is 1.62. The summed E-state index contributed by atoms with van der Waals surface area (Å²) in [4.78, 5) is 12.8. The second kappa shape index (κ2) is 4.88. The predicted molar refractivity (Wildman–Crippen MR) is 65.1 cm³/mol. The molecule has 0 atom stereocenters. The van der Waals surface area contributed by atoms with Gasteiger partial charge in [0.25, 0.3) is 0 Å². The first-order valence-electron chi connectivity index (χ1n) is 5.25. The maximum absolute atomic E-state index is 5.74. The zero-order valence-corrected chi connectivity index (χ0v) is 9.84. The summed E-state index contributed by atoms with van der Waals surface area (Å²) in [6.07, 6.45) is 1.71. The van der Waals surface area contributed by atoms with E-state index in [2.05, 4.69) is 15.0 Å². The third kappa shape index (κ3) is 2.57. The van der Waals surface area contributed by atoms with Crippen molar-refractivity contribution >= 4 is 5.82 Å². The second-order valence-corrected chi connectivity index (χ2v) is 3.71. The van der Waals surface area contributed by atoms with Gasteiger partial charge in [-0.3, -0.25) is 4.98 Å². The molecule has 0 saturated carbocycles. The molecule has 17 heavy (non-hydrogen) atoms. The molecule has 0 aliphatic rings. The Balaban J connectivity index is 2.48. The Hall–Kier alpha value is -2.01. The number of aromatic nitrogens is 3. The molecule has 2 heterocycles. The fourth-order valence-corrected chi connectivity index (χ4v) is 1.57. The van der Waals surface area contributed by atoms with Gasteiger partial charge in [-0.05, 0) is 18.6 Å². The first kappa shape index (κ1) is 11.5. The first-order chi connectivity index (χ1) is 8.20. The van der Waals surface area contributed by atoms with Crippen LogP contribution in [0.2, 0.25) is 0 Å². The first-order valence-corrected chi connectivity index (χ1v) is 5.25. The van der Waals surface area contributed by atoms with Crippen LogP contribution in [0, 0.1) is 6.92 Å². The highest BCUT2D eigenvalue weighted by Gasteiger charge is 2.08. The molecule has 0 bridgehead atoms. The van der Waals surface area contributed by atoms with Crippen molar-refractivity contribution in [2.24, 2.45) is 0 Å². The minimum absolute atomic E-state index is 0.408. The molecule has 0 amide bonds. The van der Waals surface area contributed by atoms with Crippen molar-refractivity contribution in [3.8, 4) is 11.5 Å². The van der Waals surface area contributed by atoms with E-state index in [0.29, 0.717) is 18.2 Å². The van der Waals surface area contributed by atoms with Crippen LogP contribution >= 0.6 is 0 Å². The normalized spacial score (nSPS) is 10.5. The SMILES string of the molecule is COCc1cc(N)nc(-c2ncccc2C)n1. The minimum Gasteiger partial charge on any atom is -0.384 e. The van der Waals surface area contributed by atoms with E-state index in [0.717, 1.165) is 17.0 Å². The third-order valence-electron chi connectivity index (χ3n) is 2.31. The second-order valence-electron chi connectivity index (χ2n) is 3.71. The van der Waals surface area contributed by atoms with Gasteiger partial charge in [0.1, 0.15) is 11.5 Å². The lowest BCUT2D eigenvalue weighted by molar-refractivity contribution is 0.181. The summed E-state index contributed by atoms with van der Waals surface area (Å²) in [6, 6.07) is 5.54. The average molecular weight is 230 g/mol. The van der Waals surface area contributed by atoms with Gasteiger partial charge in [-0.2, -0.15) is 0 Å². The van der Waals surface area contributed by atoms with Crippen molar-refractivity contribution in [1.29, 1.82) is 0 Å². The number of pyridine rings is 1. The van der Waals surface area contributed by atoms with Crippen LogP contribution in [-0.2, 0) is 11.3 Å². The molecule has 0 fully saturated rings. The van der Waals surface area contributed by atoms with Crippen LogP contribution in [0.15, 0.2) is 24.4 Å². The fraction of sp³-hybridized carbons (Fsp3) is 0.250. The quantitative estimate of drug-likeness (QED) is 0.866. The molecule has 88 valence electrons. The van der Waals surface area contributed by atoms with Crippen molar-refractivity contribution in [3.63, 3.8) is 0 Å². The maximum atomic E-state index is 5.74. The van der Waals surface area contributed by atoms with Crippen LogP contribution in [-0.4, -0.2) is 22.1 Å². The lowest BCUT2D eigenvalue weighted by atomic mass is 10.2. The number of nitrogens with two attached hydrogens (primary N) is 1. The largest absolute Gasteiger partial charge is 0.384 e. The van der Waals surface area contributed by atoms with Crippen molar-refractivity contribution in [1.82, 2.24) is 15.0 Å². The predicted octanol–water partition coefficient (Wildman–Crippen LogP) is 1.58. The Morgan fingerprint density at radius 3 is 2.88 bits per heavy atom. The van der Waals surface area contributed by atoms with Crippen LogP contribution in [0.1, 0.15) is 11.3 Å². The summed E-state index contributed by atoms with van der Waals surface area (Å²) in [5.41, 5.74) is 8.26. The van der Waals surface area contributed by atoms with Gasteiger partial charge in [0.05, 0.1) is 12.3 Å². The lowest BCUT2D eigenvalue weighted by Gasteiger charge is -2.06. The molecule has 5 heteroatoms. The van der Waals surface area contributed by atoms with Crippen LogP contribution in [0.25, 0.3) is 11.5 Å². The number of aryl methyl sites for hydroxylation is 1. The molecule has 0 aliphatic heterocycles. The summed E-state index contributed by atoms with van der Waals surface area (Å²) < 4.78 is 5.04. The minimum atomic E-state index is 0.408. The van der Waals surface area contributed by atoms with Gasteiger partial charge in [-0.1, -0.05) is 6.07 Å². The monoisotopic (exact) mass is 230 g/mol. The van der Waals surface area contributed by atoms with Gasteiger partial charge in [0.15, 0.2) is 5.82 Å². The number of hydrogen-bond donors (Lipinski definition) is 1. The highest BCUT2D eigenvalue weighted by molar-refractivity contribution is 5.56. The topological polar surface area (TPSA) is 73.9 Å². The zero-order chi connectivity index (χ0) is 12.3. The van der Waals surface area contributed by atoms with Gasteiger partial charge in [0, 0.05) is 19.4 Å². The zero-order valence-electron chi connectivity index (χ0n) is 9.84. The molecule has 0 aromatic carbocycles. The fourth-order valence-electron chi connectivity index (χ4n) is 1.57. The molecule has 2 aromatic heterocycles. The van der Waals surface area contributed by atoms with Crippen molar-refractivity contribution in [2.75, 3.05) is 12.8 Å².